The number of nitrogens with zero attached hydrogens (tertiary/aromatic N) is 4. The summed E-state index contributed by atoms with van der Waals surface area (Å²) in [5.41, 5.74) is 4.08. The minimum absolute atomic E-state index is 0.00574. The first kappa shape index (κ1) is 18.3. The Morgan fingerprint density at radius 2 is 1.90 bits per heavy atom. The highest BCUT2D eigenvalue weighted by molar-refractivity contribution is 5.94. The molecular formula is C24H20N4O2. The van der Waals surface area contributed by atoms with E-state index >= 15 is 0 Å². The third-order valence-corrected chi connectivity index (χ3v) is 6.11. The molecule has 1 fully saturated rings. The number of hydrogen-bond donors (Lipinski definition) is 0. The Kier molecular flexibility index (Phi) is 4.44. The minimum Gasteiger partial charge on any atom is -0.338 e. The van der Waals surface area contributed by atoms with Crippen LogP contribution in [0.25, 0.3) is 11.1 Å². The Labute approximate surface area is 174 Å². The fourth-order valence-corrected chi connectivity index (χ4v) is 4.86. The topological polar surface area (TPSA) is 79.0 Å². The van der Waals surface area contributed by atoms with Gasteiger partial charge in [0.1, 0.15) is 0 Å². The van der Waals surface area contributed by atoms with Crippen LogP contribution in [0.15, 0.2) is 65.7 Å². The number of hydrogen-bond acceptors (Lipinski definition) is 4. The molecule has 3 aromatic rings. The van der Waals surface area contributed by atoms with Gasteiger partial charge < -0.3 is 9.47 Å². The monoisotopic (exact) mass is 396 g/mol. The normalized spacial score (nSPS) is 19.6. The molecule has 2 bridgehead atoms. The molecule has 4 heterocycles. The Balaban J connectivity index is 1.56. The summed E-state index contributed by atoms with van der Waals surface area (Å²) < 4.78 is 1.88. The smallest absolute Gasteiger partial charge is 0.253 e. The van der Waals surface area contributed by atoms with Crippen molar-refractivity contribution in [1.82, 2.24) is 14.5 Å². The number of rotatable bonds is 2. The molecule has 1 aromatic carbocycles. The number of likely N-dealkylation sites (tertiary alicyclic amines) is 1. The van der Waals surface area contributed by atoms with E-state index in [0.717, 1.165) is 23.2 Å². The second-order valence-corrected chi connectivity index (χ2v) is 8.02. The molecule has 2 aromatic heterocycles. The summed E-state index contributed by atoms with van der Waals surface area (Å²) in [7, 11) is 0. The average Bonchev–Trinajstić information content (AvgIpc) is 2.79. The molecule has 0 radical (unpaired) electrons. The lowest BCUT2D eigenvalue weighted by Gasteiger charge is -2.43. The highest BCUT2D eigenvalue weighted by atomic mass is 16.2. The highest BCUT2D eigenvalue weighted by Crippen LogP contribution is 2.40. The summed E-state index contributed by atoms with van der Waals surface area (Å²) in [5, 5.41) is 9.28. The Hall–Kier alpha value is -3.72. The van der Waals surface area contributed by atoms with E-state index in [9.17, 15) is 14.9 Å². The zero-order valence-corrected chi connectivity index (χ0v) is 16.4. The zero-order chi connectivity index (χ0) is 20.7. The van der Waals surface area contributed by atoms with Gasteiger partial charge in [0.2, 0.25) is 0 Å². The molecule has 2 aliphatic rings. The summed E-state index contributed by atoms with van der Waals surface area (Å²) in [6, 6.07) is 16.6. The third kappa shape index (κ3) is 3.09. The predicted octanol–water partition coefficient (Wildman–Crippen LogP) is 3.04. The van der Waals surface area contributed by atoms with Gasteiger partial charge in [-0.1, -0.05) is 12.1 Å². The van der Waals surface area contributed by atoms with Crippen LogP contribution < -0.4 is 5.56 Å². The second-order valence-electron chi connectivity index (χ2n) is 8.02. The number of pyridine rings is 2. The first-order chi connectivity index (χ1) is 14.6. The van der Waals surface area contributed by atoms with Crippen LogP contribution in [0.3, 0.4) is 0 Å². The molecule has 0 saturated carbocycles. The molecule has 148 valence electrons. The summed E-state index contributed by atoms with van der Waals surface area (Å²) >= 11 is 0. The van der Waals surface area contributed by atoms with Crippen molar-refractivity contribution in [2.75, 3.05) is 13.1 Å². The van der Waals surface area contributed by atoms with Crippen molar-refractivity contribution < 1.29 is 4.79 Å². The SMILES string of the molecule is N#Cc1cccc(-c2ccc(=O)n3c2[C@H]2C[C@@H](CN(C(=O)c4ccncc4)C2)C3)c1. The van der Waals surface area contributed by atoms with Crippen molar-refractivity contribution in [2.24, 2.45) is 5.92 Å². The van der Waals surface area contributed by atoms with E-state index in [4.69, 9.17) is 0 Å². The number of fused-ring (bicyclic) bond motifs is 4. The van der Waals surface area contributed by atoms with E-state index in [1.54, 1.807) is 36.7 Å². The highest BCUT2D eigenvalue weighted by Gasteiger charge is 2.38. The van der Waals surface area contributed by atoms with Crippen LogP contribution in [-0.4, -0.2) is 33.4 Å². The number of nitriles is 1. The van der Waals surface area contributed by atoms with Crippen molar-refractivity contribution in [3.8, 4) is 17.2 Å². The lowest BCUT2D eigenvalue weighted by atomic mass is 9.80. The Morgan fingerprint density at radius 3 is 2.70 bits per heavy atom. The van der Waals surface area contributed by atoms with E-state index < -0.39 is 0 Å². The maximum atomic E-state index is 13.0. The maximum absolute atomic E-state index is 13.0. The molecule has 2 atom stereocenters. The fourth-order valence-electron chi connectivity index (χ4n) is 4.86. The van der Waals surface area contributed by atoms with Crippen molar-refractivity contribution in [3.05, 3.63) is 88.1 Å². The number of carbonyl (C=O) groups is 1. The molecule has 30 heavy (non-hydrogen) atoms. The Morgan fingerprint density at radius 1 is 1.07 bits per heavy atom. The van der Waals surface area contributed by atoms with Crippen molar-refractivity contribution in [2.45, 2.75) is 18.9 Å². The quantitative estimate of drug-likeness (QED) is 0.667. The fraction of sp³-hybridized carbons (Fsp3) is 0.250. The lowest BCUT2D eigenvalue weighted by Crippen LogP contribution is -2.49. The zero-order valence-electron chi connectivity index (χ0n) is 16.4. The van der Waals surface area contributed by atoms with Gasteiger partial charge in [-0.05, 0) is 48.2 Å². The van der Waals surface area contributed by atoms with Gasteiger partial charge in [-0.25, -0.2) is 0 Å². The first-order valence-corrected chi connectivity index (χ1v) is 10.1. The standard InChI is InChI=1S/C24H20N4O2/c25-12-16-2-1-3-19(10-16)21-4-5-22(29)28-14-17-11-20(23(21)28)15-27(13-17)24(30)18-6-8-26-9-7-18/h1-10,17,20H,11,13-15H2/t17-,20-/m0/s1. The molecular weight excluding hydrogens is 376 g/mol. The molecule has 0 unspecified atom stereocenters. The average molecular weight is 396 g/mol. The predicted molar refractivity (Wildman–Crippen MR) is 112 cm³/mol. The molecule has 0 spiro atoms. The van der Waals surface area contributed by atoms with E-state index in [1.807, 2.05) is 33.7 Å². The summed E-state index contributed by atoms with van der Waals surface area (Å²) in [5.74, 6) is 0.338. The number of benzene rings is 1. The minimum atomic E-state index is -0.00574. The third-order valence-electron chi connectivity index (χ3n) is 6.11. The van der Waals surface area contributed by atoms with Gasteiger partial charge in [0, 0.05) is 60.8 Å². The largest absolute Gasteiger partial charge is 0.338 e. The van der Waals surface area contributed by atoms with Crippen molar-refractivity contribution >= 4 is 5.91 Å². The number of carbonyl (C=O) groups excluding carboxylic acids is 1. The summed E-state index contributed by atoms with van der Waals surface area (Å²) in [6.45, 7) is 1.83. The molecule has 6 nitrogen and oxygen atoms in total. The molecule has 1 amide bonds. The number of aromatic nitrogens is 2. The molecule has 5 rings (SSSR count). The van der Waals surface area contributed by atoms with Crippen LogP contribution in [0, 0.1) is 17.2 Å². The van der Waals surface area contributed by atoms with Crippen LogP contribution in [0.5, 0.6) is 0 Å². The van der Waals surface area contributed by atoms with Gasteiger partial charge in [-0.3, -0.25) is 14.6 Å². The van der Waals surface area contributed by atoms with Crippen LogP contribution in [0.2, 0.25) is 0 Å². The van der Waals surface area contributed by atoms with Gasteiger partial charge in [-0.15, -0.1) is 0 Å². The van der Waals surface area contributed by atoms with Gasteiger partial charge in [0.15, 0.2) is 0 Å². The van der Waals surface area contributed by atoms with E-state index in [1.165, 1.54) is 0 Å². The van der Waals surface area contributed by atoms with E-state index in [2.05, 4.69) is 11.1 Å². The molecule has 6 heteroatoms. The number of amides is 1. The number of piperidine rings is 1. The maximum Gasteiger partial charge on any atom is 0.253 e. The van der Waals surface area contributed by atoms with Crippen LogP contribution in [-0.2, 0) is 6.54 Å². The molecule has 0 aliphatic carbocycles. The van der Waals surface area contributed by atoms with Crippen molar-refractivity contribution in [3.63, 3.8) is 0 Å². The first-order valence-electron chi connectivity index (χ1n) is 10.1. The van der Waals surface area contributed by atoms with Crippen molar-refractivity contribution in [1.29, 1.82) is 5.26 Å². The van der Waals surface area contributed by atoms with Crippen LogP contribution >= 0.6 is 0 Å². The molecule has 1 saturated heterocycles. The van der Waals surface area contributed by atoms with Gasteiger partial charge in [0.05, 0.1) is 11.6 Å². The lowest BCUT2D eigenvalue weighted by molar-refractivity contribution is 0.0595. The Bertz CT molecular complexity index is 1230. The van der Waals surface area contributed by atoms with E-state index in [-0.39, 0.29) is 23.3 Å². The summed E-state index contributed by atoms with van der Waals surface area (Å²) in [4.78, 5) is 31.6. The van der Waals surface area contributed by atoms with E-state index in [0.29, 0.717) is 30.8 Å². The second kappa shape index (κ2) is 7.27. The molecule has 0 N–H and O–H groups in total. The van der Waals surface area contributed by atoms with Gasteiger partial charge in [-0.2, -0.15) is 5.26 Å². The van der Waals surface area contributed by atoms with Crippen LogP contribution in [0.1, 0.15) is 34.0 Å². The summed E-state index contributed by atoms with van der Waals surface area (Å²) in [6.07, 6.45) is 4.22. The van der Waals surface area contributed by atoms with Gasteiger partial charge in [0.25, 0.3) is 11.5 Å². The van der Waals surface area contributed by atoms with Gasteiger partial charge >= 0.3 is 0 Å². The molecule has 2 aliphatic heterocycles. The van der Waals surface area contributed by atoms with Crippen LogP contribution in [0.4, 0.5) is 0 Å².